The third-order valence-electron chi connectivity index (χ3n) is 2.80. The Hall–Kier alpha value is -1.47. The molecule has 0 fully saturated rings. The molecule has 0 saturated carbocycles. The van der Waals surface area contributed by atoms with Crippen LogP contribution in [0, 0.1) is 0 Å². The number of Topliss-reactive ketones (excluding diaryl/α,β-unsaturated/α-hetero) is 1. The van der Waals surface area contributed by atoms with E-state index in [1.54, 1.807) is 13.8 Å². The molecule has 7 nitrogen and oxygen atoms in total. The molecule has 2 amide bonds. The van der Waals surface area contributed by atoms with Gasteiger partial charge in [0.2, 0.25) is 11.8 Å². The normalized spacial score (nSPS) is 10.3. The second-order valence-corrected chi connectivity index (χ2v) is 4.71. The molecule has 0 aliphatic heterocycles. The van der Waals surface area contributed by atoms with E-state index in [-0.39, 0.29) is 24.2 Å². The lowest BCUT2D eigenvalue weighted by Gasteiger charge is -2.07. The maximum absolute atomic E-state index is 11.5. The molecule has 0 aromatic carbocycles. The third kappa shape index (κ3) is 13.5. The number of nitrogens with one attached hydrogen (secondary N) is 2. The van der Waals surface area contributed by atoms with E-state index in [1.807, 2.05) is 0 Å². The summed E-state index contributed by atoms with van der Waals surface area (Å²) in [6.45, 7) is 5.81. The van der Waals surface area contributed by atoms with Gasteiger partial charge in [-0.25, -0.2) is 0 Å². The van der Waals surface area contributed by atoms with Crippen LogP contribution in [-0.2, 0) is 23.9 Å². The van der Waals surface area contributed by atoms with E-state index in [9.17, 15) is 14.4 Å². The molecule has 128 valence electrons. The molecule has 0 spiro atoms. The molecule has 0 heterocycles. The summed E-state index contributed by atoms with van der Waals surface area (Å²) in [5.41, 5.74) is 0. The summed E-state index contributed by atoms with van der Waals surface area (Å²) in [6.07, 6.45) is 1.95. The number of carbonyl (C=O) groups is 3. The predicted molar refractivity (Wildman–Crippen MR) is 82.5 cm³/mol. The van der Waals surface area contributed by atoms with Crippen LogP contribution in [0.2, 0.25) is 0 Å². The maximum atomic E-state index is 11.5. The highest BCUT2D eigenvalue weighted by Gasteiger charge is 2.03. The SMILES string of the molecule is CCC(=O)NCCCC(=O)COCCOCCNC(=O)CC. The molecule has 0 saturated heterocycles. The Labute approximate surface area is 132 Å². The Kier molecular flexibility index (Phi) is 13.5. The van der Waals surface area contributed by atoms with Crippen LogP contribution in [0.4, 0.5) is 0 Å². The molecule has 7 heteroatoms. The van der Waals surface area contributed by atoms with Crippen molar-refractivity contribution in [2.24, 2.45) is 0 Å². The first-order valence-electron chi connectivity index (χ1n) is 7.80. The Balaban J connectivity index is 3.28. The zero-order chi connectivity index (χ0) is 16.6. The van der Waals surface area contributed by atoms with Crippen LogP contribution in [0.15, 0.2) is 0 Å². The van der Waals surface area contributed by atoms with Crippen molar-refractivity contribution in [3.05, 3.63) is 0 Å². The molecule has 0 atom stereocenters. The Bertz CT molecular complexity index is 334. The quantitative estimate of drug-likeness (QED) is 0.453. The molecule has 0 unspecified atom stereocenters. The van der Waals surface area contributed by atoms with E-state index in [0.717, 1.165) is 0 Å². The maximum Gasteiger partial charge on any atom is 0.219 e. The van der Waals surface area contributed by atoms with Gasteiger partial charge in [0, 0.05) is 32.4 Å². The van der Waals surface area contributed by atoms with Gasteiger partial charge in [0.1, 0.15) is 6.61 Å². The van der Waals surface area contributed by atoms with Gasteiger partial charge in [-0.15, -0.1) is 0 Å². The molecule has 0 bridgehead atoms. The molecule has 0 aliphatic carbocycles. The summed E-state index contributed by atoms with van der Waals surface area (Å²) >= 11 is 0. The van der Waals surface area contributed by atoms with Crippen molar-refractivity contribution in [2.45, 2.75) is 39.5 Å². The zero-order valence-electron chi connectivity index (χ0n) is 13.6. The van der Waals surface area contributed by atoms with Gasteiger partial charge in [0.05, 0.1) is 19.8 Å². The van der Waals surface area contributed by atoms with E-state index in [4.69, 9.17) is 9.47 Å². The molecule has 0 aromatic rings. The topological polar surface area (TPSA) is 93.7 Å². The molecule has 2 N–H and O–H groups in total. The third-order valence-corrected chi connectivity index (χ3v) is 2.80. The molecule has 0 aliphatic rings. The molecular formula is C15H28N2O5. The molecular weight excluding hydrogens is 288 g/mol. The first kappa shape index (κ1) is 20.5. The van der Waals surface area contributed by atoms with Gasteiger partial charge in [-0.05, 0) is 6.42 Å². The minimum atomic E-state index is -0.00373. The van der Waals surface area contributed by atoms with E-state index >= 15 is 0 Å². The van der Waals surface area contributed by atoms with Gasteiger partial charge >= 0.3 is 0 Å². The minimum Gasteiger partial charge on any atom is -0.377 e. The monoisotopic (exact) mass is 316 g/mol. The summed E-state index contributed by atoms with van der Waals surface area (Å²) in [6, 6.07) is 0. The highest BCUT2D eigenvalue weighted by atomic mass is 16.5. The van der Waals surface area contributed by atoms with Gasteiger partial charge in [-0.2, -0.15) is 0 Å². The summed E-state index contributed by atoms with van der Waals surface area (Å²) in [7, 11) is 0. The summed E-state index contributed by atoms with van der Waals surface area (Å²) in [5.74, 6) is 0.0116. The van der Waals surface area contributed by atoms with Crippen LogP contribution in [0.3, 0.4) is 0 Å². The van der Waals surface area contributed by atoms with Crippen LogP contribution in [0.5, 0.6) is 0 Å². The lowest BCUT2D eigenvalue weighted by molar-refractivity contribution is -0.125. The van der Waals surface area contributed by atoms with Crippen molar-refractivity contribution in [1.82, 2.24) is 10.6 Å². The van der Waals surface area contributed by atoms with Crippen LogP contribution in [0.1, 0.15) is 39.5 Å². The fraction of sp³-hybridized carbons (Fsp3) is 0.800. The average Bonchev–Trinajstić information content (AvgIpc) is 2.53. The number of carbonyl (C=O) groups excluding carboxylic acids is 3. The largest absolute Gasteiger partial charge is 0.377 e. The molecule has 22 heavy (non-hydrogen) atoms. The zero-order valence-corrected chi connectivity index (χ0v) is 13.6. The highest BCUT2D eigenvalue weighted by Crippen LogP contribution is 1.91. The average molecular weight is 316 g/mol. The van der Waals surface area contributed by atoms with Crippen molar-refractivity contribution in [2.75, 3.05) is 39.5 Å². The lowest BCUT2D eigenvalue weighted by atomic mass is 10.2. The number of rotatable bonds is 14. The van der Waals surface area contributed by atoms with Crippen molar-refractivity contribution in [3.63, 3.8) is 0 Å². The Morgan fingerprint density at radius 2 is 1.41 bits per heavy atom. The predicted octanol–water partition coefficient (Wildman–Crippen LogP) is 0.421. The highest BCUT2D eigenvalue weighted by molar-refractivity contribution is 5.79. The molecule has 0 aromatic heterocycles. The number of amides is 2. The summed E-state index contributed by atoms with van der Waals surface area (Å²) in [4.78, 5) is 33.4. The number of hydrogen-bond acceptors (Lipinski definition) is 5. The first-order valence-corrected chi connectivity index (χ1v) is 7.80. The van der Waals surface area contributed by atoms with Gasteiger partial charge in [-0.1, -0.05) is 13.8 Å². The van der Waals surface area contributed by atoms with Crippen LogP contribution >= 0.6 is 0 Å². The minimum absolute atomic E-state index is 0.000531. The smallest absolute Gasteiger partial charge is 0.219 e. The van der Waals surface area contributed by atoms with E-state index < -0.39 is 0 Å². The van der Waals surface area contributed by atoms with Gasteiger partial charge in [0.15, 0.2) is 5.78 Å². The van der Waals surface area contributed by atoms with Crippen molar-refractivity contribution in [1.29, 1.82) is 0 Å². The Morgan fingerprint density at radius 3 is 2.05 bits per heavy atom. The fourth-order valence-corrected chi connectivity index (χ4v) is 1.50. The summed E-state index contributed by atoms with van der Waals surface area (Å²) < 4.78 is 10.4. The van der Waals surface area contributed by atoms with Crippen molar-refractivity contribution < 1.29 is 23.9 Å². The van der Waals surface area contributed by atoms with E-state index in [1.165, 1.54) is 0 Å². The van der Waals surface area contributed by atoms with Gasteiger partial charge in [0.25, 0.3) is 0 Å². The van der Waals surface area contributed by atoms with E-state index in [0.29, 0.717) is 58.6 Å². The number of ketones is 1. The molecule has 0 rings (SSSR count). The standard InChI is InChI=1S/C15H28N2O5/c1-3-14(19)16-7-5-6-13(18)12-22-11-10-21-9-8-17-15(20)4-2/h3-12H2,1-2H3,(H,16,19)(H,17,20). The fourth-order valence-electron chi connectivity index (χ4n) is 1.50. The number of hydrogen-bond donors (Lipinski definition) is 2. The van der Waals surface area contributed by atoms with E-state index in [2.05, 4.69) is 10.6 Å². The van der Waals surface area contributed by atoms with Gasteiger partial charge in [-0.3, -0.25) is 14.4 Å². The van der Waals surface area contributed by atoms with Crippen molar-refractivity contribution >= 4 is 17.6 Å². The summed E-state index contributed by atoms with van der Waals surface area (Å²) in [5, 5.41) is 5.41. The lowest BCUT2D eigenvalue weighted by Crippen LogP contribution is -2.26. The first-order chi connectivity index (χ1) is 10.6. The number of ether oxygens (including phenoxy) is 2. The van der Waals surface area contributed by atoms with Crippen molar-refractivity contribution in [3.8, 4) is 0 Å². The van der Waals surface area contributed by atoms with Crippen LogP contribution < -0.4 is 10.6 Å². The van der Waals surface area contributed by atoms with Crippen LogP contribution in [-0.4, -0.2) is 57.1 Å². The van der Waals surface area contributed by atoms with Crippen LogP contribution in [0.25, 0.3) is 0 Å². The molecule has 0 radical (unpaired) electrons. The second kappa shape index (κ2) is 14.5. The second-order valence-electron chi connectivity index (χ2n) is 4.71. The van der Waals surface area contributed by atoms with Gasteiger partial charge < -0.3 is 20.1 Å². The Morgan fingerprint density at radius 1 is 0.818 bits per heavy atom.